The normalized spacial score (nSPS) is 11.4. The number of hydrogen-bond donors (Lipinski definition) is 1. The van der Waals surface area contributed by atoms with E-state index in [-0.39, 0.29) is 10.9 Å². The molecule has 0 saturated heterocycles. The van der Waals surface area contributed by atoms with Gasteiger partial charge in [-0.3, -0.25) is 9.78 Å². The molecule has 1 N–H and O–H groups in total. The third-order valence-corrected chi connectivity index (χ3v) is 5.16. The molecule has 0 saturated carbocycles. The summed E-state index contributed by atoms with van der Waals surface area (Å²) in [6, 6.07) is 8.96. The minimum absolute atomic E-state index is 0.207. The molecule has 0 fully saturated rings. The van der Waals surface area contributed by atoms with Crippen LogP contribution in [0.2, 0.25) is 5.02 Å². The van der Waals surface area contributed by atoms with Gasteiger partial charge in [-0.2, -0.15) is 5.10 Å². The zero-order valence-electron chi connectivity index (χ0n) is 15.6. The van der Waals surface area contributed by atoms with Crippen LogP contribution >= 0.6 is 11.6 Å². The topological polar surface area (TPSA) is 89.4 Å². The summed E-state index contributed by atoms with van der Waals surface area (Å²) in [4.78, 5) is 29.1. The largest absolute Gasteiger partial charge is 0.345 e. The van der Waals surface area contributed by atoms with Gasteiger partial charge in [0.25, 0.3) is 0 Å². The van der Waals surface area contributed by atoms with Crippen molar-refractivity contribution in [1.82, 2.24) is 29.7 Å². The van der Waals surface area contributed by atoms with E-state index in [4.69, 9.17) is 16.6 Å². The second-order valence-corrected chi connectivity index (χ2v) is 7.17. The third kappa shape index (κ3) is 2.78. The van der Waals surface area contributed by atoms with E-state index in [1.165, 1.54) is 6.07 Å². The van der Waals surface area contributed by atoms with Gasteiger partial charge in [0.05, 0.1) is 16.2 Å². The van der Waals surface area contributed by atoms with Gasteiger partial charge in [-0.15, -0.1) is 0 Å². The Morgan fingerprint density at radius 1 is 1.10 bits per heavy atom. The fraction of sp³-hybridized carbons (Fsp3) is 0.0952. The van der Waals surface area contributed by atoms with Gasteiger partial charge in [-0.1, -0.05) is 17.7 Å². The van der Waals surface area contributed by atoms with E-state index in [1.54, 1.807) is 17.1 Å². The van der Waals surface area contributed by atoms with Crippen molar-refractivity contribution in [2.75, 3.05) is 0 Å². The number of aromatic nitrogens is 6. The van der Waals surface area contributed by atoms with Gasteiger partial charge >= 0.3 is 0 Å². The summed E-state index contributed by atoms with van der Waals surface area (Å²) in [6.07, 6.45) is 5.08. The summed E-state index contributed by atoms with van der Waals surface area (Å²) in [5, 5.41) is 5.91. The van der Waals surface area contributed by atoms with Crippen LogP contribution in [0.25, 0.3) is 39.1 Å². The Hall–Kier alpha value is -3.58. The number of halogens is 1. The standard InChI is InChI=1S/C21H15ClN6O/c1-11-6-9-28(27-11)21-18(25-19-16(29)5-8-24-20(19)26-21)14-10-15(22)17-13(12(14)2)4-3-7-23-17/h3-10H,1-2H3,(H,24,26,29). The van der Waals surface area contributed by atoms with Crippen LogP contribution in [-0.2, 0) is 0 Å². The Bertz CT molecular complexity index is 1470. The number of nitrogens with zero attached hydrogens (tertiary/aromatic N) is 5. The molecule has 7 nitrogen and oxygen atoms in total. The quantitative estimate of drug-likeness (QED) is 0.482. The molecule has 29 heavy (non-hydrogen) atoms. The molecule has 8 heteroatoms. The molecule has 1 aromatic carbocycles. The predicted octanol–water partition coefficient (Wildman–Crippen LogP) is 3.99. The maximum atomic E-state index is 12.4. The second-order valence-electron chi connectivity index (χ2n) is 6.77. The first kappa shape index (κ1) is 17.5. The summed E-state index contributed by atoms with van der Waals surface area (Å²) in [5.74, 6) is 0.509. The van der Waals surface area contributed by atoms with Crippen LogP contribution in [-0.4, -0.2) is 29.7 Å². The van der Waals surface area contributed by atoms with Crippen molar-refractivity contribution >= 4 is 33.7 Å². The van der Waals surface area contributed by atoms with Gasteiger partial charge < -0.3 is 4.98 Å². The Kier molecular flexibility index (Phi) is 3.92. The van der Waals surface area contributed by atoms with Crippen molar-refractivity contribution in [2.45, 2.75) is 13.8 Å². The van der Waals surface area contributed by atoms with Crippen molar-refractivity contribution in [3.05, 3.63) is 75.4 Å². The van der Waals surface area contributed by atoms with Crippen molar-refractivity contribution in [3.8, 4) is 17.1 Å². The number of aryl methyl sites for hydroxylation is 2. The minimum Gasteiger partial charge on any atom is -0.345 e. The molecule has 4 heterocycles. The number of fused-ring (bicyclic) bond motifs is 2. The molecule has 0 aliphatic carbocycles. The highest BCUT2D eigenvalue weighted by Crippen LogP contribution is 2.35. The van der Waals surface area contributed by atoms with Gasteiger partial charge in [0.15, 0.2) is 17.0 Å². The van der Waals surface area contributed by atoms with E-state index >= 15 is 0 Å². The van der Waals surface area contributed by atoms with Gasteiger partial charge in [0, 0.05) is 35.6 Å². The van der Waals surface area contributed by atoms with Crippen LogP contribution in [0, 0.1) is 13.8 Å². The van der Waals surface area contributed by atoms with Crippen molar-refractivity contribution < 1.29 is 0 Å². The van der Waals surface area contributed by atoms with Gasteiger partial charge in [0.2, 0.25) is 5.43 Å². The molecule has 4 aromatic heterocycles. The minimum atomic E-state index is -0.207. The van der Waals surface area contributed by atoms with Crippen LogP contribution < -0.4 is 5.43 Å². The van der Waals surface area contributed by atoms with Gasteiger partial charge in [-0.05, 0) is 37.6 Å². The Morgan fingerprint density at radius 3 is 2.76 bits per heavy atom. The molecule has 0 aliphatic rings. The smallest absolute Gasteiger partial charge is 0.209 e. The third-order valence-electron chi connectivity index (χ3n) is 4.87. The number of aromatic amines is 1. The Morgan fingerprint density at radius 2 is 1.97 bits per heavy atom. The maximum absolute atomic E-state index is 12.4. The SMILES string of the molecule is Cc1ccn(-c2nc3[nH]ccc(=O)c3nc2-c2cc(Cl)c3ncccc3c2C)n1. The number of hydrogen-bond acceptors (Lipinski definition) is 5. The lowest BCUT2D eigenvalue weighted by molar-refractivity contribution is 0.832. The molecule has 0 atom stereocenters. The predicted molar refractivity (Wildman–Crippen MR) is 113 cm³/mol. The summed E-state index contributed by atoms with van der Waals surface area (Å²) in [5.41, 5.74) is 4.27. The fourth-order valence-corrected chi connectivity index (χ4v) is 3.70. The highest BCUT2D eigenvalue weighted by Gasteiger charge is 2.19. The molecule has 0 radical (unpaired) electrons. The summed E-state index contributed by atoms with van der Waals surface area (Å²) < 4.78 is 1.66. The van der Waals surface area contributed by atoms with E-state index in [0.717, 1.165) is 27.7 Å². The first-order chi connectivity index (χ1) is 14.0. The number of H-pyrrole nitrogens is 1. The van der Waals surface area contributed by atoms with Crippen LogP contribution in [0.5, 0.6) is 0 Å². The van der Waals surface area contributed by atoms with E-state index in [0.29, 0.717) is 22.2 Å². The van der Waals surface area contributed by atoms with Crippen LogP contribution in [0.3, 0.4) is 0 Å². The van der Waals surface area contributed by atoms with Crippen LogP contribution in [0.1, 0.15) is 11.3 Å². The molecular formula is C21H15ClN6O. The molecule has 5 rings (SSSR count). The molecule has 0 amide bonds. The van der Waals surface area contributed by atoms with E-state index < -0.39 is 0 Å². The zero-order chi connectivity index (χ0) is 20.1. The highest BCUT2D eigenvalue weighted by atomic mass is 35.5. The van der Waals surface area contributed by atoms with E-state index in [9.17, 15) is 4.79 Å². The average molecular weight is 403 g/mol. The van der Waals surface area contributed by atoms with Crippen LogP contribution in [0.4, 0.5) is 0 Å². The summed E-state index contributed by atoms with van der Waals surface area (Å²) in [6.45, 7) is 3.88. The van der Waals surface area contributed by atoms with E-state index in [1.807, 2.05) is 44.3 Å². The second kappa shape index (κ2) is 6.49. The van der Waals surface area contributed by atoms with Gasteiger partial charge in [-0.25, -0.2) is 14.6 Å². The first-order valence-corrected chi connectivity index (χ1v) is 9.37. The molecule has 0 bridgehead atoms. The molecular weight excluding hydrogens is 388 g/mol. The molecule has 0 aliphatic heterocycles. The Labute approximate surface area is 170 Å². The molecule has 0 unspecified atom stereocenters. The highest BCUT2D eigenvalue weighted by molar-refractivity contribution is 6.35. The number of pyridine rings is 2. The number of nitrogens with one attached hydrogen (secondary N) is 1. The van der Waals surface area contributed by atoms with E-state index in [2.05, 4.69) is 20.1 Å². The molecule has 142 valence electrons. The summed E-state index contributed by atoms with van der Waals surface area (Å²) >= 11 is 6.54. The number of benzene rings is 1. The first-order valence-electron chi connectivity index (χ1n) is 8.99. The van der Waals surface area contributed by atoms with Crippen molar-refractivity contribution in [1.29, 1.82) is 0 Å². The maximum Gasteiger partial charge on any atom is 0.209 e. The lowest BCUT2D eigenvalue weighted by Crippen LogP contribution is -2.10. The fourth-order valence-electron chi connectivity index (χ4n) is 3.44. The molecule has 5 aromatic rings. The van der Waals surface area contributed by atoms with Crippen molar-refractivity contribution in [2.24, 2.45) is 0 Å². The lowest BCUT2D eigenvalue weighted by Gasteiger charge is -2.14. The monoisotopic (exact) mass is 402 g/mol. The van der Waals surface area contributed by atoms with Gasteiger partial charge in [0.1, 0.15) is 5.69 Å². The Balaban J connectivity index is 1.91. The molecule has 0 spiro atoms. The number of rotatable bonds is 2. The summed E-state index contributed by atoms with van der Waals surface area (Å²) in [7, 11) is 0. The zero-order valence-corrected chi connectivity index (χ0v) is 16.4. The van der Waals surface area contributed by atoms with Crippen LogP contribution in [0.15, 0.2) is 53.7 Å². The lowest BCUT2D eigenvalue weighted by atomic mass is 10.00. The van der Waals surface area contributed by atoms with Crippen molar-refractivity contribution in [3.63, 3.8) is 0 Å². The average Bonchev–Trinajstić information content (AvgIpc) is 3.16.